The number of carbonyl (C=O) groups is 1. The molecule has 0 saturated heterocycles. The summed E-state index contributed by atoms with van der Waals surface area (Å²) in [5, 5.41) is 10.6. The summed E-state index contributed by atoms with van der Waals surface area (Å²) in [5.41, 5.74) is 0.856. The molecule has 2 atom stereocenters. The highest BCUT2D eigenvalue weighted by atomic mass is 16.6. The van der Waals surface area contributed by atoms with E-state index >= 15 is 0 Å². The number of amides is 1. The van der Waals surface area contributed by atoms with Gasteiger partial charge in [0.15, 0.2) is 0 Å². The molecular formula is C16H24N2O3. The minimum absolute atomic E-state index is 0.0481. The van der Waals surface area contributed by atoms with Crippen LogP contribution in [0.5, 0.6) is 0 Å². The van der Waals surface area contributed by atoms with E-state index in [0.717, 1.165) is 18.4 Å². The van der Waals surface area contributed by atoms with Crippen molar-refractivity contribution in [2.24, 2.45) is 0 Å². The topological polar surface area (TPSA) is 63.5 Å². The maximum Gasteiger partial charge on any atom is 0.269 e. The maximum absolute atomic E-state index is 12.5. The van der Waals surface area contributed by atoms with Gasteiger partial charge < -0.3 is 4.90 Å². The molecule has 0 fully saturated rings. The molecule has 0 aliphatic rings. The van der Waals surface area contributed by atoms with Gasteiger partial charge in [0.2, 0.25) is 5.91 Å². The molecule has 0 unspecified atom stereocenters. The third-order valence-corrected chi connectivity index (χ3v) is 3.92. The maximum atomic E-state index is 12.5. The number of non-ortho nitro benzene ring substituents is 1. The van der Waals surface area contributed by atoms with Gasteiger partial charge in [0.25, 0.3) is 5.69 Å². The van der Waals surface area contributed by atoms with Crippen LogP contribution in [-0.2, 0) is 11.2 Å². The van der Waals surface area contributed by atoms with E-state index in [-0.39, 0.29) is 30.1 Å². The fourth-order valence-corrected chi connectivity index (χ4v) is 2.32. The third-order valence-electron chi connectivity index (χ3n) is 3.92. The number of rotatable bonds is 7. The van der Waals surface area contributed by atoms with Crippen LogP contribution in [0.15, 0.2) is 24.3 Å². The van der Waals surface area contributed by atoms with Gasteiger partial charge in [0.05, 0.1) is 11.3 Å². The minimum Gasteiger partial charge on any atom is -0.337 e. The Kier molecular flexibility index (Phi) is 6.34. The van der Waals surface area contributed by atoms with Crippen LogP contribution in [0.4, 0.5) is 5.69 Å². The summed E-state index contributed by atoms with van der Waals surface area (Å²) in [4.78, 5) is 24.7. The van der Waals surface area contributed by atoms with E-state index in [2.05, 4.69) is 27.7 Å². The average Bonchev–Trinajstić information content (AvgIpc) is 2.47. The van der Waals surface area contributed by atoms with Gasteiger partial charge >= 0.3 is 0 Å². The lowest BCUT2D eigenvalue weighted by Crippen LogP contribution is -2.45. The normalized spacial score (nSPS) is 13.5. The zero-order valence-corrected chi connectivity index (χ0v) is 13.2. The molecule has 5 nitrogen and oxygen atoms in total. The molecule has 1 aromatic carbocycles. The van der Waals surface area contributed by atoms with Gasteiger partial charge in [-0.1, -0.05) is 26.0 Å². The third kappa shape index (κ3) is 4.55. The fraction of sp³-hybridized carbons (Fsp3) is 0.562. The Labute approximate surface area is 126 Å². The molecule has 0 bridgehead atoms. The molecule has 1 rings (SSSR count). The van der Waals surface area contributed by atoms with Crippen LogP contribution in [-0.4, -0.2) is 27.8 Å². The predicted molar refractivity (Wildman–Crippen MR) is 83.2 cm³/mol. The lowest BCUT2D eigenvalue weighted by atomic mass is 10.1. The van der Waals surface area contributed by atoms with E-state index < -0.39 is 4.92 Å². The summed E-state index contributed by atoms with van der Waals surface area (Å²) >= 11 is 0. The number of nitro benzene ring substituents is 1. The van der Waals surface area contributed by atoms with Crippen LogP contribution >= 0.6 is 0 Å². The lowest BCUT2D eigenvalue weighted by Gasteiger charge is -2.34. The molecule has 0 aliphatic heterocycles. The number of hydrogen-bond acceptors (Lipinski definition) is 3. The highest BCUT2D eigenvalue weighted by molar-refractivity contribution is 5.79. The van der Waals surface area contributed by atoms with Crippen LogP contribution in [0.25, 0.3) is 0 Å². The number of hydrogen-bond donors (Lipinski definition) is 0. The van der Waals surface area contributed by atoms with Crippen molar-refractivity contribution in [1.82, 2.24) is 4.90 Å². The molecule has 0 spiro atoms. The van der Waals surface area contributed by atoms with E-state index in [1.54, 1.807) is 12.1 Å². The van der Waals surface area contributed by atoms with Crippen molar-refractivity contribution in [2.75, 3.05) is 0 Å². The molecule has 5 heteroatoms. The quantitative estimate of drug-likeness (QED) is 0.570. The van der Waals surface area contributed by atoms with Gasteiger partial charge in [-0.15, -0.1) is 0 Å². The number of nitrogens with zero attached hydrogens (tertiary/aromatic N) is 2. The zero-order chi connectivity index (χ0) is 16.0. The van der Waals surface area contributed by atoms with Crippen molar-refractivity contribution in [2.45, 2.75) is 59.0 Å². The first-order valence-electron chi connectivity index (χ1n) is 7.45. The summed E-state index contributed by atoms with van der Waals surface area (Å²) in [6, 6.07) is 6.60. The molecule has 0 heterocycles. The Morgan fingerprint density at radius 2 is 1.62 bits per heavy atom. The molecule has 0 aliphatic carbocycles. The van der Waals surface area contributed by atoms with Gasteiger partial charge in [-0.05, 0) is 32.3 Å². The average molecular weight is 292 g/mol. The van der Waals surface area contributed by atoms with Gasteiger partial charge in [-0.3, -0.25) is 14.9 Å². The van der Waals surface area contributed by atoms with E-state index in [4.69, 9.17) is 0 Å². The first-order chi connectivity index (χ1) is 9.90. The number of nitro groups is 1. The second-order valence-corrected chi connectivity index (χ2v) is 5.42. The monoisotopic (exact) mass is 292 g/mol. The van der Waals surface area contributed by atoms with Crippen molar-refractivity contribution in [3.63, 3.8) is 0 Å². The van der Waals surface area contributed by atoms with Crippen LogP contribution in [0, 0.1) is 10.1 Å². The van der Waals surface area contributed by atoms with E-state index in [0.29, 0.717) is 0 Å². The summed E-state index contributed by atoms with van der Waals surface area (Å²) < 4.78 is 0. The smallest absolute Gasteiger partial charge is 0.269 e. The van der Waals surface area contributed by atoms with Crippen molar-refractivity contribution in [3.05, 3.63) is 39.9 Å². The molecular weight excluding hydrogens is 268 g/mol. The van der Waals surface area contributed by atoms with E-state index in [9.17, 15) is 14.9 Å². The second-order valence-electron chi connectivity index (χ2n) is 5.42. The van der Waals surface area contributed by atoms with Gasteiger partial charge in [-0.2, -0.15) is 0 Å². The Hall–Kier alpha value is -1.91. The molecule has 21 heavy (non-hydrogen) atoms. The van der Waals surface area contributed by atoms with Crippen molar-refractivity contribution in [1.29, 1.82) is 0 Å². The van der Waals surface area contributed by atoms with Crippen LogP contribution < -0.4 is 0 Å². The van der Waals surface area contributed by atoms with Crippen LogP contribution in [0.3, 0.4) is 0 Å². The molecule has 0 radical (unpaired) electrons. The summed E-state index contributed by atoms with van der Waals surface area (Å²) in [7, 11) is 0. The minimum atomic E-state index is -0.434. The van der Waals surface area contributed by atoms with Crippen LogP contribution in [0.2, 0.25) is 0 Å². The highest BCUT2D eigenvalue weighted by Gasteiger charge is 2.23. The molecule has 116 valence electrons. The molecule has 0 saturated carbocycles. The Balaban J connectivity index is 2.83. The Morgan fingerprint density at radius 1 is 1.14 bits per heavy atom. The summed E-state index contributed by atoms with van der Waals surface area (Å²) in [5.74, 6) is 0.0764. The first kappa shape index (κ1) is 17.1. The van der Waals surface area contributed by atoms with Crippen molar-refractivity contribution >= 4 is 11.6 Å². The predicted octanol–water partition coefficient (Wildman–Crippen LogP) is 3.56. The van der Waals surface area contributed by atoms with Gasteiger partial charge in [-0.25, -0.2) is 0 Å². The largest absolute Gasteiger partial charge is 0.337 e. The molecule has 1 aromatic rings. The lowest BCUT2D eigenvalue weighted by molar-refractivity contribution is -0.384. The van der Waals surface area contributed by atoms with Gasteiger partial charge in [0, 0.05) is 24.2 Å². The number of carbonyl (C=O) groups excluding carboxylic acids is 1. The van der Waals surface area contributed by atoms with Crippen LogP contribution in [0.1, 0.15) is 46.1 Å². The number of benzene rings is 1. The highest BCUT2D eigenvalue weighted by Crippen LogP contribution is 2.16. The summed E-state index contributed by atoms with van der Waals surface area (Å²) in [6.07, 6.45) is 2.11. The van der Waals surface area contributed by atoms with Crippen molar-refractivity contribution in [3.8, 4) is 0 Å². The SMILES string of the molecule is CC[C@@H](C)N(C(=O)Cc1ccc([N+](=O)[O-])cc1)[C@@H](C)CC. The van der Waals surface area contributed by atoms with E-state index in [1.807, 2.05) is 4.90 Å². The Bertz CT molecular complexity index is 475. The molecule has 0 N–H and O–H groups in total. The van der Waals surface area contributed by atoms with E-state index in [1.165, 1.54) is 12.1 Å². The molecule has 1 amide bonds. The summed E-state index contributed by atoms with van der Waals surface area (Å²) in [6.45, 7) is 8.25. The second kappa shape index (κ2) is 7.76. The standard InChI is InChI=1S/C16H24N2O3/c1-5-12(3)17(13(4)6-2)16(19)11-14-7-9-15(10-8-14)18(20)21/h7-10,12-13H,5-6,11H2,1-4H3/t12-,13+. The van der Waals surface area contributed by atoms with Crippen molar-refractivity contribution < 1.29 is 9.72 Å². The Morgan fingerprint density at radius 3 is 2.00 bits per heavy atom. The fourth-order valence-electron chi connectivity index (χ4n) is 2.32. The van der Waals surface area contributed by atoms with Gasteiger partial charge in [0.1, 0.15) is 0 Å². The zero-order valence-electron chi connectivity index (χ0n) is 13.2. The first-order valence-corrected chi connectivity index (χ1v) is 7.45. The molecule has 0 aromatic heterocycles.